The van der Waals surface area contributed by atoms with Gasteiger partial charge in [0.05, 0.1) is 0 Å². The Hall–Kier alpha value is -2.28. The maximum atomic E-state index is 14.0. The van der Waals surface area contributed by atoms with E-state index in [2.05, 4.69) is 25.8 Å². The molecule has 1 heterocycles. The Balaban J connectivity index is 2.23. The van der Waals surface area contributed by atoms with Crippen LogP contribution in [0.5, 0.6) is 0 Å². The molecule has 0 aliphatic heterocycles. The van der Waals surface area contributed by atoms with E-state index in [0.29, 0.717) is 5.56 Å². The summed E-state index contributed by atoms with van der Waals surface area (Å²) in [6.07, 6.45) is 7.09. The van der Waals surface area contributed by atoms with E-state index in [-0.39, 0.29) is 11.9 Å². The molecule has 0 saturated heterocycles. The van der Waals surface area contributed by atoms with Crippen LogP contribution in [0.1, 0.15) is 101 Å². The van der Waals surface area contributed by atoms with Crippen molar-refractivity contribution in [2.45, 2.75) is 99.0 Å². The molecule has 0 aliphatic rings. The number of aromatic nitrogens is 1. The molecule has 2 aromatic carbocycles. The van der Waals surface area contributed by atoms with E-state index in [4.69, 9.17) is 4.74 Å². The van der Waals surface area contributed by atoms with Crippen molar-refractivity contribution in [2.24, 2.45) is 0 Å². The van der Waals surface area contributed by atoms with Crippen LogP contribution in [0, 0.1) is 0 Å². The molecule has 0 aliphatic carbocycles. The Labute approximate surface area is 239 Å². The molecule has 3 rings (SSSR count). The molecule has 1 N–H and O–H groups in total. The van der Waals surface area contributed by atoms with Crippen LogP contribution >= 0.6 is 0 Å². The van der Waals surface area contributed by atoms with E-state index in [9.17, 15) is 9.59 Å². The van der Waals surface area contributed by atoms with Crippen molar-refractivity contribution in [1.82, 2.24) is 4.98 Å². The average Bonchev–Trinajstić information content (AvgIpc) is 3.31. The number of hydrogen-bond acceptors (Lipinski definition) is 3. The first kappa shape index (κ1) is 31.2. The van der Waals surface area contributed by atoms with Gasteiger partial charge in [-0.1, -0.05) is 0 Å². The van der Waals surface area contributed by atoms with E-state index in [1.165, 1.54) is 36.3 Å². The van der Waals surface area contributed by atoms with Crippen LogP contribution in [-0.2, 0) is 4.74 Å². The van der Waals surface area contributed by atoms with Crippen molar-refractivity contribution in [2.75, 3.05) is 11.9 Å². The third-order valence-electron chi connectivity index (χ3n) is 7.65. The molecule has 0 saturated carbocycles. The summed E-state index contributed by atoms with van der Waals surface area (Å²) >= 11 is -3.04. The second-order valence-electron chi connectivity index (χ2n) is 11.9. The molecule has 39 heavy (non-hydrogen) atoms. The zero-order valence-corrected chi connectivity index (χ0v) is 28.0. The van der Waals surface area contributed by atoms with Crippen molar-refractivity contribution < 1.29 is 14.3 Å². The van der Waals surface area contributed by atoms with Crippen LogP contribution in [0.15, 0.2) is 48.5 Å². The number of carbonyl (C=O) groups is 2. The van der Waals surface area contributed by atoms with Crippen molar-refractivity contribution in [1.29, 1.82) is 0 Å². The van der Waals surface area contributed by atoms with Crippen LogP contribution in [0.2, 0.25) is 13.3 Å². The van der Waals surface area contributed by atoms with Crippen LogP contribution < -0.4 is 8.61 Å². The number of hydrogen-bond donors (Lipinski definition) is 1. The zero-order valence-electron chi connectivity index (χ0n) is 25.2. The number of H-pyrrole nitrogens is 1. The van der Waals surface area contributed by atoms with E-state index < -0.39 is 24.0 Å². The summed E-state index contributed by atoms with van der Waals surface area (Å²) in [5.74, 6) is -0.324. The third kappa shape index (κ3) is 7.68. The standard InChI is InChI=1S/C21H21N2O3.3C4H9.Sn/c1-21(2,3)26-20(25)17-13-22-18-11-10-15(12-16(17)18)23(4)19(24)14-8-6-5-7-9-14;3*1-3-4-2;/h5-12,22H,1-4H3;3*1,3-4H2,2H3;. The second-order valence-corrected chi connectivity index (χ2v) is 24.9. The molecule has 0 unspecified atom stereocenters. The summed E-state index contributed by atoms with van der Waals surface area (Å²) in [5, 5.41) is 0.870. The Morgan fingerprint density at radius 2 is 1.44 bits per heavy atom. The number of benzene rings is 2. The fraction of sp³-hybridized carbons (Fsp3) is 0.515. The van der Waals surface area contributed by atoms with Crippen LogP contribution in [0.3, 0.4) is 0 Å². The minimum atomic E-state index is -3.04. The molecule has 0 spiro atoms. The summed E-state index contributed by atoms with van der Waals surface area (Å²) in [6, 6.07) is 15.3. The van der Waals surface area contributed by atoms with E-state index >= 15 is 0 Å². The predicted octanol–water partition coefficient (Wildman–Crippen LogP) is 8.46. The second kappa shape index (κ2) is 13.9. The first-order chi connectivity index (χ1) is 18.6. The number of esters is 1. The molecule has 3 aromatic rings. The number of rotatable bonds is 13. The summed E-state index contributed by atoms with van der Waals surface area (Å²) in [6.45, 7) is 12.6. The van der Waals surface area contributed by atoms with Gasteiger partial charge in [0.15, 0.2) is 0 Å². The zero-order chi connectivity index (χ0) is 28.6. The van der Waals surface area contributed by atoms with Gasteiger partial charge in [-0.2, -0.15) is 0 Å². The summed E-state index contributed by atoms with van der Waals surface area (Å²) in [7, 11) is 1.80. The Morgan fingerprint density at radius 1 is 0.872 bits per heavy atom. The van der Waals surface area contributed by atoms with Crippen LogP contribution in [-0.4, -0.2) is 47.9 Å². The van der Waals surface area contributed by atoms with Crippen LogP contribution in [0.25, 0.3) is 10.9 Å². The van der Waals surface area contributed by atoms with Gasteiger partial charge in [-0.3, -0.25) is 0 Å². The van der Waals surface area contributed by atoms with E-state index in [1.54, 1.807) is 11.9 Å². The van der Waals surface area contributed by atoms with Gasteiger partial charge in [0.1, 0.15) is 0 Å². The number of nitrogens with one attached hydrogen (secondary N) is 1. The summed E-state index contributed by atoms with van der Waals surface area (Å²) < 4.78 is 11.0. The molecule has 0 fully saturated rings. The van der Waals surface area contributed by atoms with E-state index in [0.717, 1.165) is 41.4 Å². The van der Waals surface area contributed by atoms with Gasteiger partial charge in [0.25, 0.3) is 0 Å². The molecule has 1 aromatic heterocycles. The SMILES string of the molecule is CCC[CH2][Sn]([CH2]CCC)([CH2]CCC)[c]1[nH]c2ccc(N(C)C(=O)c3ccccc3)cc2c1C(=O)OC(C)(C)C. The molecular formula is C33H48N2O3Sn. The number of ether oxygens (including phenoxy) is 1. The molecule has 1 amide bonds. The molecule has 6 heteroatoms. The molecule has 0 radical (unpaired) electrons. The monoisotopic (exact) mass is 640 g/mol. The normalized spacial score (nSPS) is 12.1. The van der Waals surface area contributed by atoms with Gasteiger partial charge >= 0.3 is 240 Å². The number of aromatic amines is 1. The fourth-order valence-corrected chi connectivity index (χ4v) is 21.9. The van der Waals surface area contributed by atoms with Gasteiger partial charge in [0, 0.05) is 0 Å². The van der Waals surface area contributed by atoms with Crippen molar-refractivity contribution in [3.8, 4) is 0 Å². The van der Waals surface area contributed by atoms with Gasteiger partial charge in [-0.15, -0.1) is 0 Å². The van der Waals surface area contributed by atoms with Crippen molar-refractivity contribution >= 4 is 50.6 Å². The Morgan fingerprint density at radius 3 is 1.95 bits per heavy atom. The predicted molar refractivity (Wildman–Crippen MR) is 167 cm³/mol. The average molecular weight is 639 g/mol. The topological polar surface area (TPSA) is 62.4 Å². The van der Waals surface area contributed by atoms with Crippen molar-refractivity contribution in [3.05, 3.63) is 59.7 Å². The number of carbonyl (C=O) groups excluding carboxylic acids is 2. The Kier molecular flexibility index (Phi) is 11.1. The minimum absolute atomic E-state index is 0.0770. The molecule has 0 bridgehead atoms. The summed E-state index contributed by atoms with van der Waals surface area (Å²) in [4.78, 5) is 32.7. The molecule has 212 valence electrons. The third-order valence-corrected chi connectivity index (χ3v) is 23.0. The Bertz CT molecular complexity index is 1220. The van der Waals surface area contributed by atoms with Gasteiger partial charge in [-0.25, -0.2) is 0 Å². The van der Waals surface area contributed by atoms with Gasteiger partial charge in [-0.05, 0) is 0 Å². The number of nitrogens with zero attached hydrogens (tertiary/aromatic N) is 1. The maximum absolute atomic E-state index is 14.0. The van der Waals surface area contributed by atoms with Crippen LogP contribution in [0.4, 0.5) is 5.69 Å². The number of unbranched alkanes of at least 4 members (excludes halogenated alkanes) is 3. The van der Waals surface area contributed by atoms with Crippen molar-refractivity contribution in [3.63, 3.8) is 0 Å². The fourth-order valence-electron chi connectivity index (χ4n) is 5.51. The summed E-state index contributed by atoms with van der Waals surface area (Å²) in [5.41, 5.74) is 2.49. The van der Waals surface area contributed by atoms with Gasteiger partial charge < -0.3 is 0 Å². The number of fused-ring (bicyclic) bond motifs is 1. The van der Waals surface area contributed by atoms with Gasteiger partial charge in [0.2, 0.25) is 0 Å². The molecule has 5 nitrogen and oxygen atoms in total. The number of amides is 1. The molecular weight excluding hydrogens is 591 g/mol. The first-order valence-electron chi connectivity index (χ1n) is 14.8. The van der Waals surface area contributed by atoms with E-state index in [1.807, 2.05) is 69.3 Å². The first-order valence-corrected chi connectivity index (χ1v) is 22.3. The quantitative estimate of drug-likeness (QED) is 0.151. The number of anilines is 1. The molecule has 0 atom stereocenters.